The molecule has 0 saturated heterocycles. The van der Waals surface area contributed by atoms with Crippen LogP contribution >= 0.6 is 0 Å². The van der Waals surface area contributed by atoms with E-state index in [-0.39, 0.29) is 17.4 Å². The van der Waals surface area contributed by atoms with Gasteiger partial charge in [0.2, 0.25) is 0 Å². The lowest BCUT2D eigenvalue weighted by Crippen LogP contribution is -2.12. The molecule has 6 heteroatoms. The van der Waals surface area contributed by atoms with Gasteiger partial charge >= 0.3 is 0 Å². The number of fused-ring (bicyclic) bond motifs is 1. The smallest absolute Gasteiger partial charge is 0.276 e. The number of carbonyl (C=O) groups is 1. The highest BCUT2D eigenvalue weighted by molar-refractivity contribution is 6.10. The van der Waals surface area contributed by atoms with Gasteiger partial charge in [-0.2, -0.15) is 5.10 Å². The number of nitrogens with one attached hydrogen (secondary N) is 2. The fraction of sp³-hybridized carbons (Fsp3) is 0. The molecule has 0 aliphatic heterocycles. The Morgan fingerprint density at radius 3 is 2.79 bits per heavy atom. The Hall–Kier alpha value is -2.76. The predicted molar refractivity (Wildman–Crippen MR) is 68.2 cm³/mol. The second-order valence-electron chi connectivity index (χ2n) is 3.95. The van der Waals surface area contributed by atoms with Crippen LogP contribution in [0.5, 0.6) is 0 Å². The first-order valence-electron chi connectivity index (χ1n) is 5.59. The fourth-order valence-corrected chi connectivity index (χ4v) is 1.75. The Morgan fingerprint density at radius 1 is 1.21 bits per heavy atom. The maximum Gasteiger partial charge on any atom is 0.276 e. The summed E-state index contributed by atoms with van der Waals surface area (Å²) < 4.78 is 12.8. The van der Waals surface area contributed by atoms with E-state index in [4.69, 9.17) is 0 Å². The van der Waals surface area contributed by atoms with Crippen LogP contribution in [0.3, 0.4) is 0 Å². The van der Waals surface area contributed by atoms with E-state index in [0.717, 1.165) is 5.52 Å². The fourth-order valence-electron chi connectivity index (χ4n) is 1.75. The molecule has 0 aliphatic rings. The van der Waals surface area contributed by atoms with Crippen molar-refractivity contribution in [3.63, 3.8) is 0 Å². The van der Waals surface area contributed by atoms with E-state index in [0.29, 0.717) is 11.1 Å². The summed E-state index contributed by atoms with van der Waals surface area (Å²) in [6, 6.07) is 7.26. The van der Waals surface area contributed by atoms with E-state index in [1.54, 1.807) is 18.5 Å². The maximum atomic E-state index is 12.8. The molecule has 2 heterocycles. The molecular formula is C13H9FN4O. The van der Waals surface area contributed by atoms with Crippen LogP contribution in [0.4, 0.5) is 10.1 Å². The standard InChI is InChI=1S/C13H9FN4O/c14-8-1-3-9(4-2-8)16-13(19)12-10-7-15-6-5-11(10)17-18-12/h1-7H,(H,16,19)(H,17,18). The van der Waals surface area contributed by atoms with E-state index in [1.165, 1.54) is 24.3 Å². The van der Waals surface area contributed by atoms with Gasteiger partial charge in [0.15, 0.2) is 5.69 Å². The number of aromatic amines is 1. The minimum absolute atomic E-state index is 0.257. The van der Waals surface area contributed by atoms with Crippen LogP contribution in [0, 0.1) is 5.82 Å². The molecule has 0 saturated carbocycles. The van der Waals surface area contributed by atoms with Gasteiger partial charge in [-0.3, -0.25) is 14.9 Å². The molecule has 5 nitrogen and oxygen atoms in total. The van der Waals surface area contributed by atoms with Crippen molar-refractivity contribution in [1.29, 1.82) is 0 Å². The normalized spacial score (nSPS) is 10.6. The number of rotatable bonds is 2. The van der Waals surface area contributed by atoms with Gasteiger partial charge in [0.05, 0.1) is 10.9 Å². The molecule has 1 aromatic carbocycles. The Balaban J connectivity index is 1.90. The molecule has 0 unspecified atom stereocenters. The summed E-state index contributed by atoms with van der Waals surface area (Å²) in [5.74, 6) is -0.724. The van der Waals surface area contributed by atoms with Crippen molar-refractivity contribution in [3.8, 4) is 0 Å². The van der Waals surface area contributed by atoms with E-state index in [2.05, 4.69) is 20.5 Å². The van der Waals surface area contributed by atoms with Crippen molar-refractivity contribution in [2.24, 2.45) is 0 Å². The molecule has 0 radical (unpaired) electrons. The predicted octanol–water partition coefficient (Wildman–Crippen LogP) is 2.35. The summed E-state index contributed by atoms with van der Waals surface area (Å²) in [6.07, 6.45) is 3.18. The molecule has 3 rings (SSSR count). The van der Waals surface area contributed by atoms with Crippen molar-refractivity contribution >= 4 is 22.5 Å². The molecule has 0 aliphatic carbocycles. The van der Waals surface area contributed by atoms with E-state index >= 15 is 0 Å². The summed E-state index contributed by atoms with van der Waals surface area (Å²) in [7, 11) is 0. The summed E-state index contributed by atoms with van der Waals surface area (Å²) >= 11 is 0. The van der Waals surface area contributed by atoms with Gasteiger partial charge in [-0.05, 0) is 30.3 Å². The van der Waals surface area contributed by atoms with Gasteiger partial charge in [-0.15, -0.1) is 0 Å². The molecule has 94 valence electrons. The minimum atomic E-state index is -0.370. The number of H-pyrrole nitrogens is 1. The molecule has 0 spiro atoms. The topological polar surface area (TPSA) is 70.7 Å². The van der Waals surface area contributed by atoms with Crippen LogP contribution in [0.2, 0.25) is 0 Å². The number of nitrogens with zero attached hydrogens (tertiary/aromatic N) is 2. The van der Waals surface area contributed by atoms with Gasteiger partial charge in [0.25, 0.3) is 5.91 Å². The molecule has 0 fully saturated rings. The number of hydrogen-bond donors (Lipinski definition) is 2. The number of anilines is 1. The summed E-state index contributed by atoms with van der Waals surface area (Å²) in [6.45, 7) is 0. The highest BCUT2D eigenvalue weighted by Crippen LogP contribution is 2.16. The van der Waals surface area contributed by atoms with Crippen LogP contribution in [0.15, 0.2) is 42.7 Å². The second-order valence-corrected chi connectivity index (χ2v) is 3.95. The minimum Gasteiger partial charge on any atom is -0.321 e. The molecule has 3 aromatic rings. The van der Waals surface area contributed by atoms with Gasteiger partial charge in [0.1, 0.15) is 5.82 Å². The second kappa shape index (κ2) is 4.49. The number of carbonyl (C=O) groups excluding carboxylic acids is 1. The Labute approximate surface area is 107 Å². The summed E-state index contributed by atoms with van der Waals surface area (Å²) in [5.41, 5.74) is 1.50. The first-order valence-corrected chi connectivity index (χ1v) is 5.59. The number of hydrogen-bond acceptors (Lipinski definition) is 3. The van der Waals surface area contributed by atoms with Crippen molar-refractivity contribution in [3.05, 3.63) is 54.2 Å². The van der Waals surface area contributed by atoms with Crippen LogP contribution in [0.1, 0.15) is 10.5 Å². The van der Waals surface area contributed by atoms with Crippen LogP contribution < -0.4 is 5.32 Å². The zero-order valence-corrected chi connectivity index (χ0v) is 9.72. The van der Waals surface area contributed by atoms with E-state index < -0.39 is 0 Å². The average Bonchev–Trinajstić information content (AvgIpc) is 2.85. The average molecular weight is 256 g/mol. The van der Waals surface area contributed by atoms with Crippen molar-refractivity contribution in [2.45, 2.75) is 0 Å². The zero-order valence-electron chi connectivity index (χ0n) is 9.72. The van der Waals surface area contributed by atoms with Gasteiger partial charge in [-0.1, -0.05) is 0 Å². The lowest BCUT2D eigenvalue weighted by Gasteiger charge is -2.02. The monoisotopic (exact) mass is 256 g/mol. The quantitative estimate of drug-likeness (QED) is 0.739. The number of aromatic nitrogens is 3. The Kier molecular flexibility index (Phi) is 2.68. The maximum absolute atomic E-state index is 12.8. The van der Waals surface area contributed by atoms with Gasteiger partial charge in [0, 0.05) is 18.1 Å². The van der Waals surface area contributed by atoms with Crippen molar-refractivity contribution in [2.75, 3.05) is 5.32 Å². The third kappa shape index (κ3) is 2.15. The molecule has 0 bridgehead atoms. The van der Waals surface area contributed by atoms with Crippen molar-refractivity contribution < 1.29 is 9.18 Å². The lowest BCUT2D eigenvalue weighted by molar-refractivity contribution is 0.102. The highest BCUT2D eigenvalue weighted by Gasteiger charge is 2.14. The number of amides is 1. The SMILES string of the molecule is O=C(Nc1ccc(F)cc1)c1n[nH]c2ccncc12. The molecule has 1 amide bonds. The largest absolute Gasteiger partial charge is 0.321 e. The molecular weight excluding hydrogens is 247 g/mol. The molecule has 19 heavy (non-hydrogen) atoms. The van der Waals surface area contributed by atoms with E-state index in [9.17, 15) is 9.18 Å². The summed E-state index contributed by atoms with van der Waals surface area (Å²) in [4.78, 5) is 16.0. The highest BCUT2D eigenvalue weighted by atomic mass is 19.1. The third-order valence-electron chi connectivity index (χ3n) is 2.68. The Morgan fingerprint density at radius 2 is 2.00 bits per heavy atom. The number of benzene rings is 1. The van der Waals surface area contributed by atoms with Crippen LogP contribution in [0.25, 0.3) is 10.9 Å². The van der Waals surface area contributed by atoms with Crippen LogP contribution in [-0.2, 0) is 0 Å². The molecule has 0 atom stereocenters. The number of halogens is 1. The first-order chi connectivity index (χ1) is 9.24. The number of pyridine rings is 1. The lowest BCUT2D eigenvalue weighted by atomic mass is 10.2. The van der Waals surface area contributed by atoms with Crippen molar-refractivity contribution in [1.82, 2.24) is 15.2 Å². The van der Waals surface area contributed by atoms with Crippen LogP contribution in [-0.4, -0.2) is 21.1 Å². The third-order valence-corrected chi connectivity index (χ3v) is 2.68. The molecule has 2 aromatic heterocycles. The molecule has 2 N–H and O–H groups in total. The van der Waals surface area contributed by atoms with Gasteiger partial charge < -0.3 is 5.32 Å². The Bertz CT molecular complexity index is 736. The zero-order chi connectivity index (χ0) is 13.2. The summed E-state index contributed by atoms with van der Waals surface area (Å²) in [5, 5.41) is 10.00. The first kappa shape index (κ1) is 11.3. The van der Waals surface area contributed by atoms with E-state index in [1.807, 2.05) is 0 Å². The van der Waals surface area contributed by atoms with Gasteiger partial charge in [-0.25, -0.2) is 4.39 Å².